The average Bonchev–Trinajstić information content (AvgIpc) is 3.11. The number of aromatic nitrogens is 4. The molecule has 2 heterocycles. The van der Waals surface area contributed by atoms with Crippen LogP contribution < -0.4 is 16.3 Å². The molecule has 2 aromatic heterocycles. The molecule has 29 heavy (non-hydrogen) atoms. The van der Waals surface area contributed by atoms with Crippen LogP contribution in [0.1, 0.15) is 5.56 Å². The molecule has 0 aliphatic carbocycles. The predicted molar refractivity (Wildman–Crippen MR) is 112 cm³/mol. The van der Waals surface area contributed by atoms with Gasteiger partial charge in [-0.2, -0.15) is 5.10 Å². The standard InChI is InChI=1S/C19H14Cl2N6O2/c20-15-7-6-13(8-16(15)21)24-19(29)25-27-11-22-17-14(18(27)28)9-23-26(17)10-12-4-2-1-3-5-12/h1-9,11H,10H2,(H2,24,25,29). The summed E-state index contributed by atoms with van der Waals surface area (Å²) in [5.74, 6) is 0. The second kappa shape index (κ2) is 7.94. The van der Waals surface area contributed by atoms with Crippen molar-refractivity contribution in [1.82, 2.24) is 19.4 Å². The molecule has 0 bridgehead atoms. The Kier molecular flexibility index (Phi) is 5.20. The lowest BCUT2D eigenvalue weighted by Crippen LogP contribution is -2.35. The van der Waals surface area contributed by atoms with Crippen LogP contribution in [0.15, 0.2) is 65.8 Å². The summed E-state index contributed by atoms with van der Waals surface area (Å²) in [7, 11) is 0. The summed E-state index contributed by atoms with van der Waals surface area (Å²) >= 11 is 11.8. The van der Waals surface area contributed by atoms with Crippen LogP contribution in [0.2, 0.25) is 10.0 Å². The highest BCUT2D eigenvalue weighted by Gasteiger charge is 2.12. The van der Waals surface area contributed by atoms with Crippen LogP contribution in [0.3, 0.4) is 0 Å². The maximum Gasteiger partial charge on any atom is 0.338 e. The fourth-order valence-electron chi connectivity index (χ4n) is 2.75. The Morgan fingerprint density at radius 1 is 1.07 bits per heavy atom. The first-order chi connectivity index (χ1) is 14.0. The van der Waals surface area contributed by atoms with Gasteiger partial charge in [-0.25, -0.2) is 24.6 Å². The SMILES string of the molecule is O=C(Nc1ccc(Cl)c(Cl)c1)Nn1cnc2c(cnn2Cc2ccccc2)c1=O. The van der Waals surface area contributed by atoms with Gasteiger partial charge in [-0.05, 0) is 23.8 Å². The molecule has 0 fully saturated rings. The van der Waals surface area contributed by atoms with Gasteiger partial charge < -0.3 is 5.32 Å². The molecule has 2 N–H and O–H groups in total. The molecular formula is C19H14Cl2N6O2. The molecule has 2 aromatic carbocycles. The molecule has 4 rings (SSSR count). The number of fused-ring (bicyclic) bond motifs is 1. The van der Waals surface area contributed by atoms with Crippen molar-refractivity contribution >= 4 is 46.0 Å². The van der Waals surface area contributed by atoms with E-state index in [1.807, 2.05) is 30.3 Å². The normalized spacial score (nSPS) is 10.8. The van der Waals surface area contributed by atoms with Crippen molar-refractivity contribution in [3.63, 3.8) is 0 Å². The van der Waals surface area contributed by atoms with Crippen molar-refractivity contribution in [3.8, 4) is 0 Å². The minimum Gasteiger partial charge on any atom is -0.307 e. The van der Waals surface area contributed by atoms with E-state index in [2.05, 4.69) is 20.8 Å². The van der Waals surface area contributed by atoms with Crippen LogP contribution in [0, 0.1) is 0 Å². The number of nitrogens with zero attached hydrogens (tertiary/aromatic N) is 4. The summed E-state index contributed by atoms with van der Waals surface area (Å²) in [4.78, 5) is 29.1. The third kappa shape index (κ3) is 4.08. The maximum atomic E-state index is 12.7. The van der Waals surface area contributed by atoms with Crippen LogP contribution in [-0.4, -0.2) is 25.5 Å². The first-order valence-electron chi connectivity index (χ1n) is 8.51. The van der Waals surface area contributed by atoms with Gasteiger partial charge in [0, 0.05) is 5.69 Å². The van der Waals surface area contributed by atoms with Gasteiger partial charge in [-0.15, -0.1) is 0 Å². The van der Waals surface area contributed by atoms with Crippen molar-refractivity contribution in [2.24, 2.45) is 0 Å². The summed E-state index contributed by atoms with van der Waals surface area (Å²) < 4.78 is 2.62. The number of hydrogen-bond donors (Lipinski definition) is 2. The van der Waals surface area contributed by atoms with Crippen LogP contribution in [0.5, 0.6) is 0 Å². The third-order valence-electron chi connectivity index (χ3n) is 4.13. The van der Waals surface area contributed by atoms with Gasteiger partial charge in [0.25, 0.3) is 5.56 Å². The number of halogens is 2. The van der Waals surface area contributed by atoms with E-state index in [1.54, 1.807) is 16.8 Å². The zero-order valence-electron chi connectivity index (χ0n) is 14.8. The quantitative estimate of drug-likeness (QED) is 0.517. The van der Waals surface area contributed by atoms with Crippen LogP contribution >= 0.6 is 23.2 Å². The fourth-order valence-corrected chi connectivity index (χ4v) is 3.05. The summed E-state index contributed by atoms with van der Waals surface area (Å²) in [6.45, 7) is 0.478. The zero-order valence-corrected chi connectivity index (χ0v) is 16.4. The lowest BCUT2D eigenvalue weighted by molar-refractivity contribution is 0.259. The van der Waals surface area contributed by atoms with Crippen LogP contribution in [0.4, 0.5) is 10.5 Å². The Morgan fingerprint density at radius 2 is 1.86 bits per heavy atom. The number of amides is 2. The third-order valence-corrected chi connectivity index (χ3v) is 4.87. The van der Waals surface area contributed by atoms with Crippen molar-refractivity contribution in [1.29, 1.82) is 0 Å². The number of carbonyl (C=O) groups is 1. The molecule has 146 valence electrons. The van der Waals surface area contributed by atoms with Crippen LogP contribution in [-0.2, 0) is 6.54 Å². The minimum absolute atomic E-state index is 0.290. The molecule has 2 amide bonds. The summed E-state index contributed by atoms with van der Waals surface area (Å²) in [5, 5.41) is 7.78. The van der Waals surface area contributed by atoms with Crippen molar-refractivity contribution in [3.05, 3.63) is 87.0 Å². The van der Waals surface area contributed by atoms with Gasteiger partial charge in [-0.3, -0.25) is 4.79 Å². The molecule has 8 nitrogen and oxygen atoms in total. The summed E-state index contributed by atoms with van der Waals surface area (Å²) in [6, 6.07) is 13.7. The largest absolute Gasteiger partial charge is 0.338 e. The van der Waals surface area contributed by atoms with E-state index in [9.17, 15) is 9.59 Å². The number of carbonyl (C=O) groups excluding carboxylic acids is 1. The topological polar surface area (TPSA) is 93.8 Å². The predicted octanol–water partition coefficient (Wildman–Crippen LogP) is 3.72. The highest BCUT2D eigenvalue weighted by Crippen LogP contribution is 2.24. The molecule has 0 aliphatic rings. The Hall–Kier alpha value is -3.36. The Balaban J connectivity index is 1.54. The van der Waals surface area contributed by atoms with Gasteiger partial charge in [0.05, 0.1) is 22.8 Å². The van der Waals surface area contributed by atoms with Crippen molar-refractivity contribution < 1.29 is 4.79 Å². The van der Waals surface area contributed by atoms with Crippen LogP contribution in [0.25, 0.3) is 11.0 Å². The fraction of sp³-hybridized carbons (Fsp3) is 0.0526. The lowest BCUT2D eigenvalue weighted by Gasteiger charge is -2.10. The van der Waals surface area contributed by atoms with Gasteiger partial charge in [-0.1, -0.05) is 53.5 Å². The Labute approximate surface area is 174 Å². The number of hydrogen-bond acceptors (Lipinski definition) is 4. The zero-order chi connectivity index (χ0) is 20.4. The molecule has 0 atom stereocenters. The van der Waals surface area contributed by atoms with E-state index in [4.69, 9.17) is 23.2 Å². The van der Waals surface area contributed by atoms with E-state index in [-0.39, 0.29) is 0 Å². The Morgan fingerprint density at radius 3 is 2.62 bits per heavy atom. The number of urea groups is 1. The monoisotopic (exact) mass is 428 g/mol. The highest BCUT2D eigenvalue weighted by atomic mass is 35.5. The maximum absolute atomic E-state index is 12.7. The van der Waals surface area contributed by atoms with Gasteiger partial charge in [0.2, 0.25) is 0 Å². The van der Waals surface area contributed by atoms with E-state index < -0.39 is 11.6 Å². The highest BCUT2D eigenvalue weighted by molar-refractivity contribution is 6.42. The van der Waals surface area contributed by atoms with Gasteiger partial charge in [0.1, 0.15) is 11.7 Å². The number of anilines is 1. The molecule has 4 aromatic rings. The van der Waals surface area contributed by atoms with E-state index >= 15 is 0 Å². The second-order valence-electron chi connectivity index (χ2n) is 6.14. The first-order valence-corrected chi connectivity index (χ1v) is 9.27. The molecule has 0 saturated heterocycles. The lowest BCUT2D eigenvalue weighted by atomic mass is 10.2. The minimum atomic E-state index is -0.636. The summed E-state index contributed by atoms with van der Waals surface area (Å²) in [5.41, 5.74) is 3.86. The molecular weight excluding hydrogens is 415 g/mol. The molecule has 0 radical (unpaired) electrons. The van der Waals surface area contributed by atoms with E-state index in [0.29, 0.717) is 33.3 Å². The number of nitrogens with one attached hydrogen (secondary N) is 2. The van der Waals surface area contributed by atoms with Crippen molar-refractivity contribution in [2.75, 3.05) is 10.7 Å². The smallest absolute Gasteiger partial charge is 0.307 e. The summed E-state index contributed by atoms with van der Waals surface area (Å²) in [6.07, 6.45) is 2.67. The number of benzene rings is 2. The first kappa shape index (κ1) is 19.0. The van der Waals surface area contributed by atoms with Gasteiger partial charge >= 0.3 is 6.03 Å². The molecule has 0 aliphatic heterocycles. The number of rotatable bonds is 4. The van der Waals surface area contributed by atoms with Gasteiger partial charge in [0.15, 0.2) is 5.65 Å². The van der Waals surface area contributed by atoms with E-state index in [1.165, 1.54) is 18.6 Å². The molecule has 10 heteroatoms. The molecule has 0 unspecified atom stereocenters. The van der Waals surface area contributed by atoms with Crippen molar-refractivity contribution in [2.45, 2.75) is 6.54 Å². The Bertz CT molecular complexity index is 1250. The average molecular weight is 429 g/mol. The molecule has 0 spiro atoms. The second-order valence-corrected chi connectivity index (χ2v) is 6.95. The molecule has 0 saturated carbocycles. The van der Waals surface area contributed by atoms with E-state index in [0.717, 1.165) is 10.2 Å².